The van der Waals surface area contributed by atoms with E-state index in [-0.39, 0.29) is 11.9 Å². The first-order valence-corrected chi connectivity index (χ1v) is 16.6. The van der Waals surface area contributed by atoms with Gasteiger partial charge in [0.05, 0.1) is 11.3 Å². The van der Waals surface area contributed by atoms with Crippen molar-refractivity contribution in [3.63, 3.8) is 0 Å². The number of carbonyl (C=O) groups excluding carboxylic acids is 1. The lowest BCUT2D eigenvalue weighted by Crippen LogP contribution is -2.45. The average molecular weight is 630 g/mol. The Bertz CT molecular complexity index is 1950. The SMILES string of the molecule is C=CC(=O)N1CCC(NC2CCc3cc(-n4c(-c5cccnc5N)nc5ccc(-n6ccc(C7CCOCC7)n6)nc54)ccc32)CC1. The van der Waals surface area contributed by atoms with E-state index in [2.05, 4.69) is 45.7 Å². The molecule has 4 aromatic heterocycles. The Morgan fingerprint density at radius 1 is 1.02 bits per heavy atom. The van der Waals surface area contributed by atoms with Gasteiger partial charge in [-0.25, -0.2) is 19.6 Å². The number of carbonyl (C=O) groups is 1. The molecule has 0 saturated carbocycles. The van der Waals surface area contributed by atoms with E-state index in [0.717, 1.165) is 98.8 Å². The lowest BCUT2D eigenvalue weighted by atomic mass is 9.97. The largest absolute Gasteiger partial charge is 0.383 e. The second-order valence-electron chi connectivity index (χ2n) is 12.7. The van der Waals surface area contributed by atoms with Crippen LogP contribution in [0.5, 0.6) is 0 Å². The molecule has 8 rings (SSSR count). The molecule has 1 amide bonds. The van der Waals surface area contributed by atoms with E-state index in [4.69, 9.17) is 25.5 Å². The van der Waals surface area contributed by atoms with Crippen LogP contribution in [0, 0.1) is 0 Å². The molecule has 6 heterocycles. The molecule has 1 atom stereocenters. The van der Waals surface area contributed by atoms with Crippen LogP contribution < -0.4 is 11.1 Å². The second-order valence-corrected chi connectivity index (χ2v) is 12.7. The first-order valence-electron chi connectivity index (χ1n) is 16.6. The van der Waals surface area contributed by atoms with E-state index in [1.54, 1.807) is 6.20 Å². The maximum absolute atomic E-state index is 12.0. The van der Waals surface area contributed by atoms with E-state index in [0.29, 0.717) is 23.6 Å². The Balaban J connectivity index is 1.13. The normalized spacial score (nSPS) is 18.9. The van der Waals surface area contributed by atoms with Crippen LogP contribution in [0.1, 0.15) is 60.9 Å². The van der Waals surface area contributed by atoms with Crippen LogP contribution in [0.25, 0.3) is 34.1 Å². The van der Waals surface area contributed by atoms with Crippen LogP contribution in [0.3, 0.4) is 0 Å². The van der Waals surface area contributed by atoms with Gasteiger partial charge in [0.1, 0.15) is 11.3 Å². The third-order valence-corrected chi connectivity index (χ3v) is 9.93. The first kappa shape index (κ1) is 29.5. The predicted octanol–water partition coefficient (Wildman–Crippen LogP) is 4.90. The molecule has 240 valence electrons. The molecule has 0 radical (unpaired) electrons. The predicted molar refractivity (Wildman–Crippen MR) is 180 cm³/mol. The van der Waals surface area contributed by atoms with E-state index >= 15 is 0 Å². The summed E-state index contributed by atoms with van der Waals surface area (Å²) >= 11 is 0. The third kappa shape index (κ3) is 5.59. The highest BCUT2D eigenvalue weighted by Crippen LogP contribution is 2.37. The zero-order chi connectivity index (χ0) is 31.9. The number of nitrogens with one attached hydrogen (secondary N) is 1. The second kappa shape index (κ2) is 12.4. The lowest BCUT2D eigenvalue weighted by molar-refractivity contribution is -0.127. The van der Waals surface area contributed by atoms with Gasteiger partial charge < -0.3 is 20.7 Å². The fourth-order valence-electron chi connectivity index (χ4n) is 7.38. The van der Waals surface area contributed by atoms with Gasteiger partial charge in [0.2, 0.25) is 5.91 Å². The van der Waals surface area contributed by atoms with Crippen molar-refractivity contribution in [3.05, 3.63) is 90.4 Å². The Morgan fingerprint density at radius 3 is 2.68 bits per heavy atom. The van der Waals surface area contributed by atoms with Crippen molar-refractivity contribution >= 4 is 22.9 Å². The fraction of sp³-hybridized carbons (Fsp3) is 0.361. The summed E-state index contributed by atoms with van der Waals surface area (Å²) in [7, 11) is 0. The highest BCUT2D eigenvalue weighted by Gasteiger charge is 2.29. The number of imidazole rings is 1. The number of anilines is 1. The summed E-state index contributed by atoms with van der Waals surface area (Å²) in [5, 5.41) is 8.82. The van der Waals surface area contributed by atoms with Crippen LogP contribution in [0.2, 0.25) is 0 Å². The molecule has 1 aromatic carbocycles. The number of piperidine rings is 1. The van der Waals surface area contributed by atoms with Gasteiger partial charge >= 0.3 is 0 Å². The summed E-state index contributed by atoms with van der Waals surface area (Å²) in [6.07, 6.45) is 11.0. The first-order chi connectivity index (χ1) is 23.1. The van der Waals surface area contributed by atoms with Crippen molar-refractivity contribution in [3.8, 4) is 22.9 Å². The monoisotopic (exact) mass is 629 g/mol. The van der Waals surface area contributed by atoms with Gasteiger partial charge in [-0.15, -0.1) is 0 Å². The molecule has 5 aromatic rings. The quantitative estimate of drug-likeness (QED) is 0.243. The number of pyridine rings is 2. The number of ether oxygens (including phenoxy) is 1. The Hall–Kier alpha value is -4.87. The summed E-state index contributed by atoms with van der Waals surface area (Å²) < 4.78 is 9.51. The molecular formula is C36H39N9O2. The molecule has 47 heavy (non-hydrogen) atoms. The van der Waals surface area contributed by atoms with Crippen molar-refractivity contribution in [2.24, 2.45) is 0 Å². The highest BCUT2D eigenvalue weighted by molar-refractivity contribution is 5.87. The van der Waals surface area contributed by atoms with Crippen LogP contribution in [-0.4, -0.2) is 72.5 Å². The number of likely N-dealkylation sites (tertiary alicyclic amines) is 1. The molecule has 3 aliphatic rings. The van der Waals surface area contributed by atoms with E-state index in [1.165, 1.54) is 17.2 Å². The average Bonchev–Trinajstić information content (AvgIpc) is 3.86. The number of benzene rings is 1. The maximum atomic E-state index is 12.0. The fourth-order valence-corrected chi connectivity index (χ4v) is 7.38. The molecule has 3 N–H and O–H groups in total. The molecule has 11 nitrogen and oxygen atoms in total. The van der Waals surface area contributed by atoms with Gasteiger partial charge in [0.15, 0.2) is 17.3 Å². The summed E-state index contributed by atoms with van der Waals surface area (Å²) in [4.78, 5) is 28.5. The van der Waals surface area contributed by atoms with Crippen LogP contribution in [0.15, 0.2) is 73.6 Å². The number of aromatic nitrogens is 6. The minimum absolute atomic E-state index is 0.0209. The molecule has 0 bridgehead atoms. The number of hydrogen-bond donors (Lipinski definition) is 2. The van der Waals surface area contributed by atoms with Crippen molar-refractivity contribution in [1.82, 2.24) is 39.5 Å². The minimum atomic E-state index is 0.0209. The number of nitrogen functional groups attached to an aromatic ring is 1. The summed E-state index contributed by atoms with van der Waals surface area (Å²) in [6, 6.07) is 17.2. The molecule has 1 unspecified atom stereocenters. The molecule has 2 fully saturated rings. The molecular weight excluding hydrogens is 590 g/mol. The number of rotatable bonds is 7. The number of nitrogens with zero attached hydrogens (tertiary/aromatic N) is 7. The van der Waals surface area contributed by atoms with Crippen molar-refractivity contribution in [1.29, 1.82) is 0 Å². The standard InChI is InChI=1S/C36H39N9O2/c1-2-33(46)43-17-11-25(12-18-43)39-30-8-5-24-22-26(6-7-27(24)30)45-35(28-4-3-16-38-34(28)37)40-31-9-10-32(41-36(31)45)44-19-13-29(42-44)23-14-20-47-21-15-23/h2-4,6-7,9-10,13,16,19,22-23,25,30,39H,1,5,8,11-12,14-15,17-18,20-21H2,(H2,37,38). The van der Waals surface area contributed by atoms with Gasteiger partial charge in [-0.1, -0.05) is 12.6 Å². The molecule has 2 aliphatic heterocycles. The number of fused-ring (bicyclic) bond motifs is 2. The van der Waals surface area contributed by atoms with Crippen LogP contribution >= 0.6 is 0 Å². The zero-order valence-electron chi connectivity index (χ0n) is 26.4. The van der Waals surface area contributed by atoms with Gasteiger partial charge in [0.25, 0.3) is 0 Å². The Morgan fingerprint density at radius 2 is 1.87 bits per heavy atom. The third-order valence-electron chi connectivity index (χ3n) is 9.93. The molecule has 0 spiro atoms. The van der Waals surface area contributed by atoms with Crippen LogP contribution in [-0.2, 0) is 16.0 Å². The number of hydrogen-bond acceptors (Lipinski definition) is 8. The van der Waals surface area contributed by atoms with E-state index in [1.807, 2.05) is 40.0 Å². The zero-order valence-corrected chi connectivity index (χ0v) is 26.4. The minimum Gasteiger partial charge on any atom is -0.383 e. The van der Waals surface area contributed by atoms with Gasteiger partial charge in [-0.05, 0) is 98.2 Å². The smallest absolute Gasteiger partial charge is 0.245 e. The van der Waals surface area contributed by atoms with E-state index in [9.17, 15) is 4.79 Å². The van der Waals surface area contributed by atoms with E-state index < -0.39 is 0 Å². The summed E-state index contributed by atoms with van der Waals surface area (Å²) in [6.45, 7) is 6.71. The number of aryl methyl sites for hydroxylation is 1. The van der Waals surface area contributed by atoms with Crippen molar-refractivity contribution < 1.29 is 9.53 Å². The molecule has 11 heteroatoms. The van der Waals surface area contributed by atoms with Crippen LogP contribution in [0.4, 0.5) is 5.82 Å². The van der Waals surface area contributed by atoms with Gasteiger partial charge in [0, 0.05) is 62.4 Å². The van der Waals surface area contributed by atoms with Crippen molar-refractivity contribution in [2.75, 3.05) is 32.0 Å². The van der Waals surface area contributed by atoms with Gasteiger partial charge in [-0.2, -0.15) is 5.10 Å². The topological polar surface area (TPSA) is 129 Å². The van der Waals surface area contributed by atoms with Gasteiger partial charge in [-0.3, -0.25) is 9.36 Å². The molecule has 2 saturated heterocycles. The lowest BCUT2D eigenvalue weighted by Gasteiger charge is -2.33. The Labute approximate surface area is 273 Å². The summed E-state index contributed by atoms with van der Waals surface area (Å²) in [5.74, 6) is 2.27. The summed E-state index contributed by atoms with van der Waals surface area (Å²) in [5.41, 5.74) is 13.4. The maximum Gasteiger partial charge on any atom is 0.245 e. The number of amides is 1. The Kier molecular flexibility index (Phi) is 7.78. The molecule has 1 aliphatic carbocycles. The number of nitrogens with two attached hydrogens (primary N) is 1. The highest BCUT2D eigenvalue weighted by atomic mass is 16.5. The van der Waals surface area contributed by atoms with Crippen molar-refractivity contribution in [2.45, 2.75) is 56.5 Å².